The van der Waals surface area contributed by atoms with Crippen LogP contribution >= 0.6 is 34.6 Å². The van der Waals surface area contributed by atoms with Gasteiger partial charge < -0.3 is 10.6 Å². The van der Waals surface area contributed by atoms with Gasteiger partial charge in [-0.1, -0.05) is 13.8 Å². The zero-order valence-electron chi connectivity index (χ0n) is 12.5. The maximum atomic E-state index is 6.11. The molecule has 0 spiro atoms. The average Bonchev–Trinajstić information content (AvgIpc) is 2.94. The van der Waals surface area contributed by atoms with E-state index in [4.69, 9.17) is 5.73 Å². The van der Waals surface area contributed by atoms with Crippen LogP contribution in [0.1, 0.15) is 25.3 Å². The standard InChI is InChI=1S/C14H20N4S3/c1-9-16-10(8-19-9)11-12(15)17-21-13(11)18-5-4-14(2,3)20-7-6-18/h8H,4-7H2,1-3H3,(H2,15,17). The molecule has 0 amide bonds. The summed E-state index contributed by atoms with van der Waals surface area (Å²) in [6, 6.07) is 0. The molecule has 3 heterocycles. The van der Waals surface area contributed by atoms with Gasteiger partial charge in [0.25, 0.3) is 0 Å². The minimum atomic E-state index is 0.350. The van der Waals surface area contributed by atoms with Crippen LogP contribution in [-0.2, 0) is 0 Å². The Bertz CT molecular complexity index is 632. The summed E-state index contributed by atoms with van der Waals surface area (Å²) < 4.78 is 4.73. The number of nitrogen functional groups attached to an aromatic ring is 1. The highest BCUT2D eigenvalue weighted by atomic mass is 32.2. The topological polar surface area (TPSA) is 55.0 Å². The first-order valence-corrected chi connectivity index (χ1v) is 9.67. The molecule has 2 aromatic heterocycles. The summed E-state index contributed by atoms with van der Waals surface area (Å²) in [5.74, 6) is 1.75. The van der Waals surface area contributed by atoms with E-state index >= 15 is 0 Å². The lowest BCUT2D eigenvalue weighted by molar-refractivity contribution is 0.639. The molecule has 4 nitrogen and oxygen atoms in total. The van der Waals surface area contributed by atoms with Crippen molar-refractivity contribution < 1.29 is 0 Å². The highest BCUT2D eigenvalue weighted by Gasteiger charge is 2.27. The average molecular weight is 341 g/mol. The molecule has 1 aliphatic heterocycles. The van der Waals surface area contributed by atoms with E-state index in [0.29, 0.717) is 10.6 Å². The third-order valence-electron chi connectivity index (χ3n) is 3.70. The van der Waals surface area contributed by atoms with E-state index in [-0.39, 0.29) is 0 Å². The molecule has 2 N–H and O–H groups in total. The molecular formula is C14H20N4S3. The van der Waals surface area contributed by atoms with Crippen molar-refractivity contribution in [1.29, 1.82) is 0 Å². The molecule has 0 radical (unpaired) electrons. The van der Waals surface area contributed by atoms with Crippen molar-refractivity contribution in [2.75, 3.05) is 29.5 Å². The van der Waals surface area contributed by atoms with Crippen LogP contribution in [-0.4, -0.2) is 32.9 Å². The predicted octanol–water partition coefficient (Wildman–Crippen LogP) is 3.88. The second kappa shape index (κ2) is 5.78. The van der Waals surface area contributed by atoms with Gasteiger partial charge in [-0.3, -0.25) is 0 Å². The van der Waals surface area contributed by atoms with Gasteiger partial charge in [-0.25, -0.2) is 4.98 Å². The molecule has 0 atom stereocenters. The van der Waals surface area contributed by atoms with Crippen LogP contribution in [0.3, 0.4) is 0 Å². The van der Waals surface area contributed by atoms with Crippen molar-refractivity contribution >= 4 is 45.5 Å². The molecule has 0 unspecified atom stereocenters. The summed E-state index contributed by atoms with van der Waals surface area (Å²) in [6.07, 6.45) is 1.17. The summed E-state index contributed by atoms with van der Waals surface area (Å²) in [4.78, 5) is 7.03. The third-order valence-corrected chi connectivity index (χ3v) is 6.77. The van der Waals surface area contributed by atoms with Gasteiger partial charge in [0, 0.05) is 29.0 Å². The van der Waals surface area contributed by atoms with E-state index in [9.17, 15) is 0 Å². The number of thioether (sulfide) groups is 1. The molecule has 3 rings (SSSR count). The minimum Gasteiger partial charge on any atom is -0.382 e. The minimum absolute atomic E-state index is 0.350. The Morgan fingerprint density at radius 1 is 1.33 bits per heavy atom. The van der Waals surface area contributed by atoms with Crippen LogP contribution in [0.4, 0.5) is 10.8 Å². The van der Waals surface area contributed by atoms with Gasteiger partial charge in [0.1, 0.15) is 10.8 Å². The van der Waals surface area contributed by atoms with Crippen LogP contribution in [0.15, 0.2) is 5.38 Å². The van der Waals surface area contributed by atoms with Crippen LogP contribution in [0.25, 0.3) is 11.3 Å². The van der Waals surface area contributed by atoms with Gasteiger partial charge in [-0.15, -0.1) is 11.3 Å². The smallest absolute Gasteiger partial charge is 0.148 e. The maximum absolute atomic E-state index is 6.11. The number of hydrogen-bond acceptors (Lipinski definition) is 7. The summed E-state index contributed by atoms with van der Waals surface area (Å²) in [5, 5.41) is 4.32. The Morgan fingerprint density at radius 2 is 2.14 bits per heavy atom. The maximum Gasteiger partial charge on any atom is 0.148 e. The molecule has 0 bridgehead atoms. The number of aromatic nitrogens is 2. The molecule has 1 saturated heterocycles. The summed E-state index contributed by atoms with van der Waals surface area (Å²) >= 11 is 5.21. The largest absolute Gasteiger partial charge is 0.382 e. The molecule has 1 aliphatic rings. The van der Waals surface area contributed by atoms with Gasteiger partial charge in [0.05, 0.1) is 16.3 Å². The van der Waals surface area contributed by atoms with Crippen molar-refractivity contribution in [1.82, 2.24) is 9.36 Å². The zero-order chi connectivity index (χ0) is 15.0. The first kappa shape index (κ1) is 15.1. The van der Waals surface area contributed by atoms with Gasteiger partial charge in [-0.05, 0) is 24.9 Å². The van der Waals surface area contributed by atoms with Crippen molar-refractivity contribution in [3.05, 3.63) is 10.4 Å². The molecule has 0 saturated carbocycles. The van der Waals surface area contributed by atoms with Gasteiger partial charge >= 0.3 is 0 Å². The number of thiazole rings is 1. The first-order valence-electron chi connectivity index (χ1n) is 7.03. The number of nitrogens with zero attached hydrogens (tertiary/aromatic N) is 3. The van der Waals surface area contributed by atoms with E-state index in [1.54, 1.807) is 11.3 Å². The van der Waals surface area contributed by atoms with Crippen molar-refractivity contribution in [3.8, 4) is 11.3 Å². The zero-order valence-corrected chi connectivity index (χ0v) is 15.0. The summed E-state index contributed by atoms with van der Waals surface area (Å²) in [6.45, 7) is 8.78. The Balaban J connectivity index is 1.93. The van der Waals surface area contributed by atoms with Crippen LogP contribution in [0.2, 0.25) is 0 Å². The molecule has 0 aromatic carbocycles. The molecule has 7 heteroatoms. The highest BCUT2D eigenvalue weighted by molar-refractivity contribution is 8.00. The normalized spacial score (nSPS) is 18.7. The van der Waals surface area contributed by atoms with Gasteiger partial charge in [0.2, 0.25) is 0 Å². The quantitative estimate of drug-likeness (QED) is 0.899. The highest BCUT2D eigenvalue weighted by Crippen LogP contribution is 2.41. The van der Waals surface area contributed by atoms with E-state index in [2.05, 4.69) is 33.5 Å². The van der Waals surface area contributed by atoms with Crippen LogP contribution in [0, 0.1) is 6.92 Å². The summed E-state index contributed by atoms with van der Waals surface area (Å²) in [5.41, 5.74) is 8.10. The SMILES string of the molecule is Cc1nc(-c2c(N)nsc2N2CCSC(C)(C)CC2)cs1. The number of anilines is 2. The van der Waals surface area contributed by atoms with Crippen molar-refractivity contribution in [2.24, 2.45) is 0 Å². The lowest BCUT2D eigenvalue weighted by Crippen LogP contribution is -2.26. The molecule has 2 aromatic rings. The van der Waals surface area contributed by atoms with Crippen LogP contribution < -0.4 is 10.6 Å². The van der Waals surface area contributed by atoms with E-state index in [0.717, 1.165) is 35.1 Å². The molecular weight excluding hydrogens is 320 g/mol. The van der Waals surface area contributed by atoms with Crippen molar-refractivity contribution in [3.63, 3.8) is 0 Å². The molecule has 1 fully saturated rings. The van der Waals surface area contributed by atoms with E-state index < -0.39 is 0 Å². The second-order valence-corrected chi connectivity index (χ2v) is 9.46. The molecule has 114 valence electrons. The first-order chi connectivity index (χ1) is 9.96. The monoisotopic (exact) mass is 340 g/mol. The van der Waals surface area contributed by atoms with Crippen molar-refractivity contribution in [2.45, 2.75) is 31.9 Å². The number of rotatable bonds is 2. The molecule has 0 aliphatic carbocycles. The predicted molar refractivity (Wildman–Crippen MR) is 95.7 cm³/mol. The molecule has 21 heavy (non-hydrogen) atoms. The lowest BCUT2D eigenvalue weighted by atomic mass is 10.1. The number of aryl methyl sites for hydroxylation is 1. The fourth-order valence-corrected chi connectivity index (χ4v) is 5.03. The van der Waals surface area contributed by atoms with Gasteiger partial charge in [-0.2, -0.15) is 16.1 Å². The lowest BCUT2D eigenvalue weighted by Gasteiger charge is -2.23. The number of hydrogen-bond donors (Lipinski definition) is 1. The summed E-state index contributed by atoms with van der Waals surface area (Å²) in [7, 11) is 0. The Labute approximate surface area is 137 Å². The van der Waals surface area contributed by atoms with Crippen LogP contribution in [0.5, 0.6) is 0 Å². The van der Waals surface area contributed by atoms with Gasteiger partial charge in [0.15, 0.2) is 0 Å². The van der Waals surface area contributed by atoms with E-state index in [1.807, 2.05) is 18.7 Å². The fourth-order valence-electron chi connectivity index (χ4n) is 2.45. The third kappa shape index (κ3) is 3.19. The Morgan fingerprint density at radius 3 is 2.86 bits per heavy atom. The second-order valence-electron chi connectivity index (χ2n) is 5.84. The number of nitrogens with two attached hydrogens (primary N) is 1. The Kier molecular flexibility index (Phi) is 4.16. The van der Waals surface area contributed by atoms with E-state index in [1.165, 1.54) is 23.0 Å². The Hall–Kier alpha value is -0.790. The fraction of sp³-hybridized carbons (Fsp3) is 0.571.